The number of methoxy groups -OCH3 is 1. The summed E-state index contributed by atoms with van der Waals surface area (Å²) in [6.45, 7) is 3.58. The summed E-state index contributed by atoms with van der Waals surface area (Å²) in [7, 11) is 1.63. The Morgan fingerprint density at radius 1 is 1.26 bits per heavy atom. The first-order valence-corrected chi connectivity index (χ1v) is 6.06. The molecule has 0 heterocycles. The lowest BCUT2D eigenvalue weighted by atomic mass is 10.0. The van der Waals surface area contributed by atoms with Crippen LogP contribution < -0.4 is 10.1 Å². The molecule has 2 N–H and O–H groups in total. The zero-order valence-corrected chi connectivity index (χ0v) is 11.4. The number of aliphatic carboxylic acids is 1. The van der Waals surface area contributed by atoms with Gasteiger partial charge in [0.15, 0.2) is 0 Å². The average Bonchev–Trinajstić information content (AvgIpc) is 2.33. The smallest absolute Gasteiger partial charge is 0.322 e. The summed E-state index contributed by atoms with van der Waals surface area (Å²) in [5.41, 5.74) is 3.10. The van der Waals surface area contributed by atoms with Crippen LogP contribution in [0.5, 0.6) is 5.75 Å². The Morgan fingerprint density at radius 2 is 1.84 bits per heavy atom. The quantitative estimate of drug-likeness (QED) is 0.816. The van der Waals surface area contributed by atoms with Crippen LogP contribution in [0.25, 0.3) is 0 Å². The summed E-state index contributed by atoms with van der Waals surface area (Å²) in [5, 5.41) is 10.8. The summed E-state index contributed by atoms with van der Waals surface area (Å²) in [5.74, 6) is -0.433. The van der Waals surface area contributed by atoms with Gasteiger partial charge in [0.25, 0.3) is 0 Å². The van der Waals surface area contributed by atoms with E-state index in [1.165, 1.54) is 0 Å². The maximum Gasteiger partial charge on any atom is 0.322 e. The van der Waals surface area contributed by atoms with Gasteiger partial charge in [-0.3, -0.25) is 9.59 Å². The summed E-state index contributed by atoms with van der Waals surface area (Å²) in [4.78, 5) is 21.7. The van der Waals surface area contributed by atoms with Gasteiger partial charge in [0, 0.05) is 6.42 Å². The van der Waals surface area contributed by atoms with E-state index in [0.717, 1.165) is 22.4 Å². The van der Waals surface area contributed by atoms with Gasteiger partial charge in [0.2, 0.25) is 5.91 Å². The third-order valence-corrected chi connectivity index (χ3v) is 2.80. The van der Waals surface area contributed by atoms with E-state index >= 15 is 0 Å². The minimum absolute atomic E-state index is 0.256. The second-order valence-corrected chi connectivity index (χ2v) is 4.43. The Morgan fingerprint density at radius 3 is 2.32 bits per heavy atom. The zero-order valence-electron chi connectivity index (χ0n) is 11.4. The molecule has 1 rings (SSSR count). The zero-order chi connectivity index (χ0) is 14.4. The first-order chi connectivity index (χ1) is 8.93. The fourth-order valence-electron chi connectivity index (χ4n) is 2.03. The SMILES string of the molecule is COc1c(C)cc(CCC(=O)NCC(=O)O)cc1C. The van der Waals surface area contributed by atoms with Crippen molar-refractivity contribution in [1.29, 1.82) is 0 Å². The Labute approximate surface area is 112 Å². The number of carbonyl (C=O) groups excluding carboxylic acids is 1. The van der Waals surface area contributed by atoms with Crippen LogP contribution in [0, 0.1) is 13.8 Å². The van der Waals surface area contributed by atoms with Crippen LogP contribution in [-0.4, -0.2) is 30.6 Å². The highest BCUT2D eigenvalue weighted by atomic mass is 16.5. The molecule has 1 aromatic rings. The van der Waals surface area contributed by atoms with Crippen LogP contribution in [-0.2, 0) is 16.0 Å². The van der Waals surface area contributed by atoms with Crippen LogP contribution >= 0.6 is 0 Å². The topological polar surface area (TPSA) is 75.6 Å². The molecule has 5 nitrogen and oxygen atoms in total. The van der Waals surface area contributed by atoms with Crippen molar-refractivity contribution in [3.05, 3.63) is 28.8 Å². The minimum Gasteiger partial charge on any atom is -0.496 e. The molecular weight excluding hydrogens is 246 g/mol. The molecule has 0 saturated heterocycles. The molecule has 1 amide bonds. The first-order valence-electron chi connectivity index (χ1n) is 6.06. The lowest BCUT2D eigenvalue weighted by Crippen LogP contribution is -2.29. The number of hydrogen-bond acceptors (Lipinski definition) is 3. The standard InChI is InChI=1S/C14H19NO4/c1-9-6-11(7-10(2)14(9)19-3)4-5-12(16)15-8-13(17)18/h6-7H,4-5,8H2,1-3H3,(H,15,16)(H,17,18). The molecule has 0 radical (unpaired) electrons. The van der Waals surface area contributed by atoms with Gasteiger partial charge in [-0.15, -0.1) is 0 Å². The molecule has 0 unspecified atom stereocenters. The number of aryl methyl sites for hydroxylation is 3. The molecule has 19 heavy (non-hydrogen) atoms. The normalized spacial score (nSPS) is 10.1. The Balaban J connectivity index is 2.59. The molecule has 0 aliphatic rings. The molecule has 0 bridgehead atoms. The van der Waals surface area contributed by atoms with Gasteiger partial charge >= 0.3 is 5.97 Å². The number of benzene rings is 1. The first kappa shape index (κ1) is 15.0. The third kappa shape index (κ3) is 4.62. The van der Waals surface area contributed by atoms with Crippen molar-refractivity contribution in [1.82, 2.24) is 5.32 Å². The van der Waals surface area contributed by atoms with Gasteiger partial charge in [-0.25, -0.2) is 0 Å². The highest BCUT2D eigenvalue weighted by Gasteiger charge is 2.08. The highest BCUT2D eigenvalue weighted by molar-refractivity contribution is 5.81. The van der Waals surface area contributed by atoms with Crippen molar-refractivity contribution < 1.29 is 19.4 Å². The molecule has 0 aromatic heterocycles. The van der Waals surface area contributed by atoms with Crippen LogP contribution in [0.3, 0.4) is 0 Å². The van der Waals surface area contributed by atoms with E-state index in [0.29, 0.717) is 6.42 Å². The van der Waals surface area contributed by atoms with E-state index in [9.17, 15) is 9.59 Å². The van der Waals surface area contributed by atoms with Gasteiger partial charge in [0.1, 0.15) is 12.3 Å². The van der Waals surface area contributed by atoms with E-state index in [4.69, 9.17) is 9.84 Å². The molecule has 0 spiro atoms. The Bertz CT molecular complexity index is 459. The number of carboxylic acids is 1. The lowest BCUT2D eigenvalue weighted by molar-refractivity contribution is -0.137. The second kappa shape index (κ2) is 6.78. The van der Waals surface area contributed by atoms with E-state index in [1.807, 2.05) is 26.0 Å². The highest BCUT2D eigenvalue weighted by Crippen LogP contribution is 2.24. The number of hydrogen-bond donors (Lipinski definition) is 2. The summed E-state index contributed by atoms with van der Waals surface area (Å²) in [6.07, 6.45) is 0.857. The van der Waals surface area contributed by atoms with Crippen LogP contribution in [0.4, 0.5) is 0 Å². The van der Waals surface area contributed by atoms with Crippen LogP contribution in [0.2, 0.25) is 0 Å². The van der Waals surface area contributed by atoms with Crippen molar-refractivity contribution >= 4 is 11.9 Å². The Kier molecular flexibility index (Phi) is 5.36. The van der Waals surface area contributed by atoms with Crippen molar-refractivity contribution in [2.75, 3.05) is 13.7 Å². The molecule has 0 fully saturated rings. The third-order valence-electron chi connectivity index (χ3n) is 2.80. The van der Waals surface area contributed by atoms with Crippen LogP contribution in [0.1, 0.15) is 23.1 Å². The van der Waals surface area contributed by atoms with Crippen molar-refractivity contribution in [2.24, 2.45) is 0 Å². The van der Waals surface area contributed by atoms with Gasteiger partial charge in [-0.05, 0) is 37.0 Å². The number of rotatable bonds is 6. The molecular formula is C14H19NO4. The number of ether oxygens (including phenoxy) is 1. The molecule has 1 aromatic carbocycles. The molecule has 104 valence electrons. The molecule has 0 aliphatic heterocycles. The molecule has 5 heteroatoms. The number of amides is 1. The summed E-state index contributed by atoms with van der Waals surface area (Å²) >= 11 is 0. The maximum atomic E-state index is 11.4. The Hall–Kier alpha value is -2.04. The minimum atomic E-state index is -1.04. The summed E-state index contributed by atoms with van der Waals surface area (Å²) in [6, 6.07) is 3.96. The van der Waals surface area contributed by atoms with E-state index in [1.54, 1.807) is 7.11 Å². The second-order valence-electron chi connectivity index (χ2n) is 4.43. The molecule has 0 atom stereocenters. The van der Waals surface area contributed by atoms with Crippen molar-refractivity contribution in [2.45, 2.75) is 26.7 Å². The fourth-order valence-corrected chi connectivity index (χ4v) is 2.03. The number of carbonyl (C=O) groups is 2. The van der Waals surface area contributed by atoms with E-state index < -0.39 is 5.97 Å². The average molecular weight is 265 g/mol. The fraction of sp³-hybridized carbons (Fsp3) is 0.429. The lowest BCUT2D eigenvalue weighted by Gasteiger charge is -2.11. The summed E-state index contributed by atoms with van der Waals surface area (Å²) < 4.78 is 5.28. The largest absolute Gasteiger partial charge is 0.496 e. The van der Waals surface area contributed by atoms with Crippen molar-refractivity contribution in [3.8, 4) is 5.75 Å². The number of nitrogens with one attached hydrogen (secondary N) is 1. The van der Waals surface area contributed by atoms with Crippen molar-refractivity contribution in [3.63, 3.8) is 0 Å². The van der Waals surface area contributed by atoms with Gasteiger partial charge in [-0.2, -0.15) is 0 Å². The molecule has 0 aliphatic carbocycles. The van der Waals surface area contributed by atoms with Gasteiger partial charge < -0.3 is 15.2 Å². The van der Waals surface area contributed by atoms with E-state index in [-0.39, 0.29) is 18.9 Å². The maximum absolute atomic E-state index is 11.4. The van der Waals surface area contributed by atoms with E-state index in [2.05, 4.69) is 5.32 Å². The predicted octanol–water partition coefficient (Wildman–Crippen LogP) is 1.45. The number of carboxylic acid groups (broad SMARTS) is 1. The monoisotopic (exact) mass is 265 g/mol. The van der Waals surface area contributed by atoms with Crippen LogP contribution in [0.15, 0.2) is 12.1 Å². The van der Waals surface area contributed by atoms with Gasteiger partial charge in [-0.1, -0.05) is 12.1 Å². The molecule has 0 saturated carbocycles. The predicted molar refractivity (Wildman–Crippen MR) is 71.4 cm³/mol. The van der Waals surface area contributed by atoms with Gasteiger partial charge in [0.05, 0.1) is 7.11 Å².